The second-order valence-corrected chi connectivity index (χ2v) is 7.10. The zero-order valence-corrected chi connectivity index (χ0v) is 16.0. The molecular formula is C20H15ClN2O3S. The van der Waals surface area contributed by atoms with Crippen LogP contribution < -0.4 is 4.80 Å². The predicted octanol–water partition coefficient (Wildman–Crippen LogP) is 3.45. The lowest BCUT2D eigenvalue weighted by atomic mass is 10.1. The Balaban J connectivity index is 2.00. The van der Waals surface area contributed by atoms with E-state index in [0.717, 1.165) is 15.8 Å². The molecule has 0 fully saturated rings. The zero-order chi connectivity index (χ0) is 19.4. The van der Waals surface area contributed by atoms with Gasteiger partial charge in [0.15, 0.2) is 4.80 Å². The molecule has 0 N–H and O–H groups in total. The van der Waals surface area contributed by atoms with Crippen molar-refractivity contribution in [2.24, 2.45) is 4.99 Å². The third-order valence-corrected chi connectivity index (χ3v) is 5.14. The monoisotopic (exact) mass is 398 g/mol. The van der Waals surface area contributed by atoms with E-state index in [2.05, 4.69) is 10.9 Å². The van der Waals surface area contributed by atoms with Crippen LogP contribution in [0.5, 0.6) is 0 Å². The molecular weight excluding hydrogens is 384 g/mol. The quantitative estimate of drug-likeness (QED) is 0.499. The Labute approximate surface area is 164 Å². The van der Waals surface area contributed by atoms with Gasteiger partial charge in [-0.1, -0.05) is 41.0 Å². The van der Waals surface area contributed by atoms with Gasteiger partial charge >= 0.3 is 5.97 Å². The van der Waals surface area contributed by atoms with Crippen molar-refractivity contribution in [1.82, 2.24) is 4.57 Å². The van der Waals surface area contributed by atoms with Crippen molar-refractivity contribution < 1.29 is 14.3 Å². The molecule has 136 valence electrons. The van der Waals surface area contributed by atoms with E-state index in [-0.39, 0.29) is 18.9 Å². The highest BCUT2D eigenvalue weighted by atomic mass is 35.5. The number of carbonyl (C=O) groups is 2. The van der Waals surface area contributed by atoms with E-state index in [4.69, 9.17) is 22.8 Å². The third-order valence-electron chi connectivity index (χ3n) is 3.84. The van der Waals surface area contributed by atoms with Crippen LogP contribution in [0.15, 0.2) is 47.5 Å². The van der Waals surface area contributed by atoms with Gasteiger partial charge in [0, 0.05) is 5.02 Å². The number of rotatable bonds is 4. The van der Waals surface area contributed by atoms with Crippen LogP contribution in [-0.4, -0.2) is 23.6 Å². The van der Waals surface area contributed by atoms with E-state index in [1.165, 1.54) is 18.4 Å². The molecule has 0 atom stereocenters. The number of methoxy groups -OCH3 is 1. The van der Waals surface area contributed by atoms with Crippen LogP contribution in [0.1, 0.15) is 15.9 Å². The fourth-order valence-corrected chi connectivity index (χ4v) is 3.78. The van der Waals surface area contributed by atoms with Crippen LogP contribution in [0.2, 0.25) is 5.02 Å². The van der Waals surface area contributed by atoms with Crippen LogP contribution in [-0.2, 0) is 22.5 Å². The van der Waals surface area contributed by atoms with Gasteiger partial charge in [0.2, 0.25) is 0 Å². The lowest BCUT2D eigenvalue weighted by Gasteiger charge is -2.02. The summed E-state index contributed by atoms with van der Waals surface area (Å²) < 4.78 is 7.32. The minimum atomic E-state index is -0.425. The van der Waals surface area contributed by atoms with E-state index in [1.807, 2.05) is 0 Å². The number of esters is 1. The van der Waals surface area contributed by atoms with Gasteiger partial charge < -0.3 is 9.30 Å². The number of amides is 1. The summed E-state index contributed by atoms with van der Waals surface area (Å²) in [5.41, 5.74) is 2.06. The van der Waals surface area contributed by atoms with Gasteiger partial charge in [0.25, 0.3) is 5.91 Å². The van der Waals surface area contributed by atoms with Crippen LogP contribution >= 0.6 is 22.9 Å². The average Bonchev–Trinajstić information content (AvgIpc) is 2.99. The second-order valence-electron chi connectivity index (χ2n) is 5.66. The molecule has 0 aliphatic heterocycles. The van der Waals surface area contributed by atoms with Gasteiger partial charge in [-0.15, -0.1) is 6.42 Å². The molecule has 3 aromatic rings. The van der Waals surface area contributed by atoms with Crippen molar-refractivity contribution in [3.63, 3.8) is 0 Å². The molecule has 0 unspecified atom stereocenters. The van der Waals surface area contributed by atoms with Crippen molar-refractivity contribution in [1.29, 1.82) is 0 Å². The Morgan fingerprint density at radius 3 is 2.67 bits per heavy atom. The van der Waals surface area contributed by atoms with Crippen LogP contribution in [0.3, 0.4) is 0 Å². The fraction of sp³-hybridized carbons (Fsp3) is 0.150. The molecule has 0 saturated carbocycles. The summed E-state index contributed by atoms with van der Waals surface area (Å²) in [6.45, 7) is 0.268. The molecule has 5 nitrogen and oxygen atoms in total. The first-order valence-electron chi connectivity index (χ1n) is 7.99. The Hall–Kier alpha value is -2.88. The lowest BCUT2D eigenvalue weighted by Crippen LogP contribution is -2.17. The maximum absolute atomic E-state index is 12.4. The number of hydrogen-bond donors (Lipinski definition) is 0. The largest absolute Gasteiger partial charge is 0.465 e. The van der Waals surface area contributed by atoms with E-state index in [0.29, 0.717) is 15.4 Å². The van der Waals surface area contributed by atoms with Crippen LogP contribution in [0.4, 0.5) is 0 Å². The average molecular weight is 399 g/mol. The predicted molar refractivity (Wildman–Crippen MR) is 106 cm³/mol. The van der Waals surface area contributed by atoms with Crippen LogP contribution in [0, 0.1) is 12.3 Å². The third kappa shape index (κ3) is 4.27. The molecule has 0 saturated heterocycles. The molecule has 3 rings (SSSR count). The van der Waals surface area contributed by atoms with E-state index >= 15 is 0 Å². The molecule has 1 aromatic heterocycles. The summed E-state index contributed by atoms with van der Waals surface area (Å²) in [6, 6.07) is 12.2. The standard InChI is InChI=1S/C20H15ClN2O3S/c1-3-10-23-16-9-6-14(19(25)26-2)12-17(16)27-20(23)22-18(24)11-13-4-7-15(21)8-5-13/h1,4-9,12H,10-11H2,2H3. The molecule has 1 amide bonds. The van der Waals surface area contributed by atoms with E-state index in [1.54, 1.807) is 47.0 Å². The number of aromatic nitrogens is 1. The summed E-state index contributed by atoms with van der Waals surface area (Å²) in [5, 5.41) is 0.612. The van der Waals surface area contributed by atoms with E-state index < -0.39 is 5.97 Å². The van der Waals surface area contributed by atoms with Crippen LogP contribution in [0.25, 0.3) is 10.2 Å². The van der Waals surface area contributed by atoms with Crippen molar-refractivity contribution in [3.8, 4) is 12.3 Å². The molecule has 0 spiro atoms. The van der Waals surface area contributed by atoms with Gasteiger partial charge in [0.1, 0.15) is 0 Å². The van der Waals surface area contributed by atoms with E-state index in [9.17, 15) is 9.59 Å². The summed E-state index contributed by atoms with van der Waals surface area (Å²) in [7, 11) is 1.33. The number of hydrogen-bond acceptors (Lipinski definition) is 4. The fourth-order valence-electron chi connectivity index (χ4n) is 2.57. The minimum absolute atomic E-state index is 0.162. The molecule has 0 bridgehead atoms. The molecule has 0 aliphatic carbocycles. The van der Waals surface area contributed by atoms with Crippen molar-refractivity contribution in [3.05, 3.63) is 63.4 Å². The van der Waals surface area contributed by atoms with Gasteiger partial charge in [-0.25, -0.2) is 4.79 Å². The molecule has 27 heavy (non-hydrogen) atoms. The molecule has 7 heteroatoms. The number of benzene rings is 2. The number of carbonyl (C=O) groups excluding carboxylic acids is 2. The Morgan fingerprint density at radius 1 is 1.26 bits per heavy atom. The normalized spacial score (nSPS) is 11.4. The Kier molecular flexibility index (Phi) is 5.75. The first-order chi connectivity index (χ1) is 13.0. The number of nitrogens with zero attached hydrogens (tertiary/aromatic N) is 2. The van der Waals surface area contributed by atoms with Gasteiger partial charge in [-0.2, -0.15) is 4.99 Å². The first-order valence-corrected chi connectivity index (χ1v) is 9.18. The number of fused-ring (bicyclic) bond motifs is 1. The van der Waals surface area contributed by atoms with Crippen molar-refractivity contribution >= 4 is 45.0 Å². The lowest BCUT2D eigenvalue weighted by molar-refractivity contribution is -0.117. The van der Waals surface area contributed by atoms with Crippen molar-refractivity contribution in [2.75, 3.05) is 7.11 Å². The highest BCUT2D eigenvalue weighted by Crippen LogP contribution is 2.20. The number of ether oxygens (including phenoxy) is 1. The summed E-state index contributed by atoms with van der Waals surface area (Å²) in [5.74, 6) is 1.86. The first kappa shape index (κ1) is 18.9. The molecule has 0 aliphatic rings. The Morgan fingerprint density at radius 2 is 2.00 bits per heavy atom. The summed E-state index contributed by atoms with van der Waals surface area (Å²) >= 11 is 7.16. The van der Waals surface area contributed by atoms with Crippen molar-refractivity contribution in [2.45, 2.75) is 13.0 Å². The summed E-state index contributed by atoms with van der Waals surface area (Å²) in [6.07, 6.45) is 5.63. The van der Waals surface area contributed by atoms with Gasteiger partial charge in [-0.3, -0.25) is 4.79 Å². The molecule has 1 heterocycles. The number of thiazole rings is 1. The maximum Gasteiger partial charge on any atom is 0.337 e. The second kappa shape index (κ2) is 8.21. The maximum atomic E-state index is 12.4. The minimum Gasteiger partial charge on any atom is -0.465 e. The molecule has 2 aromatic carbocycles. The number of halogens is 1. The number of terminal acetylenes is 1. The topological polar surface area (TPSA) is 60.7 Å². The van der Waals surface area contributed by atoms with Gasteiger partial charge in [0.05, 0.1) is 35.9 Å². The van der Waals surface area contributed by atoms with Gasteiger partial charge in [-0.05, 0) is 35.9 Å². The highest BCUT2D eigenvalue weighted by Gasteiger charge is 2.12. The summed E-state index contributed by atoms with van der Waals surface area (Å²) in [4.78, 5) is 28.8. The highest BCUT2D eigenvalue weighted by molar-refractivity contribution is 7.16. The SMILES string of the molecule is C#CCn1c(=NC(=O)Cc2ccc(Cl)cc2)sc2cc(C(=O)OC)ccc21. The molecule has 0 radical (unpaired) electrons. The smallest absolute Gasteiger partial charge is 0.337 e. The Bertz CT molecular complexity index is 1120. The zero-order valence-electron chi connectivity index (χ0n) is 14.4.